The van der Waals surface area contributed by atoms with Gasteiger partial charge in [0.25, 0.3) is 0 Å². The fourth-order valence-electron chi connectivity index (χ4n) is 1.71. The van der Waals surface area contributed by atoms with Crippen LogP contribution in [0.1, 0.15) is 23.1 Å². The minimum atomic E-state index is -0.889. The smallest absolute Gasteiger partial charge is 0.303 e. The topological polar surface area (TPSA) is 46.5 Å². The Hall–Kier alpha value is -1.58. The van der Waals surface area contributed by atoms with Crippen LogP contribution in [0.5, 0.6) is 5.75 Å². The van der Waals surface area contributed by atoms with Gasteiger partial charge in [-0.2, -0.15) is 0 Å². The molecule has 0 unspecified atom stereocenters. The van der Waals surface area contributed by atoms with Crippen molar-refractivity contribution in [2.24, 2.45) is 0 Å². The Bertz CT molecular complexity index is 413. The van der Waals surface area contributed by atoms with E-state index < -0.39 is 5.97 Å². The maximum Gasteiger partial charge on any atom is 0.303 e. The van der Waals surface area contributed by atoms with Crippen LogP contribution in [0.3, 0.4) is 0 Å². The monoisotopic (exact) mass is 226 g/mol. The highest BCUT2D eigenvalue weighted by Crippen LogP contribution is 2.29. The highest BCUT2D eigenvalue weighted by Gasteiger charge is 2.13. The van der Waals surface area contributed by atoms with Crippen LogP contribution in [-0.2, 0) is 11.2 Å². The summed E-state index contributed by atoms with van der Waals surface area (Å²) < 4.78 is 18.6. The van der Waals surface area contributed by atoms with E-state index in [2.05, 4.69) is 0 Å². The summed E-state index contributed by atoms with van der Waals surface area (Å²) in [7, 11) is 1.48. The lowest BCUT2D eigenvalue weighted by Crippen LogP contribution is -2.03. The number of halogens is 1. The maximum atomic E-state index is 13.5. The summed E-state index contributed by atoms with van der Waals surface area (Å²) in [5.74, 6) is -0.748. The molecule has 1 aromatic carbocycles. The van der Waals surface area contributed by atoms with Crippen LogP contribution >= 0.6 is 0 Å². The van der Waals surface area contributed by atoms with Crippen molar-refractivity contribution in [1.29, 1.82) is 0 Å². The van der Waals surface area contributed by atoms with E-state index in [0.717, 1.165) is 5.56 Å². The van der Waals surface area contributed by atoms with Crippen molar-refractivity contribution in [2.45, 2.75) is 26.7 Å². The Kier molecular flexibility index (Phi) is 3.88. The van der Waals surface area contributed by atoms with E-state index in [4.69, 9.17) is 9.84 Å². The molecule has 0 aliphatic heterocycles. The van der Waals surface area contributed by atoms with Crippen molar-refractivity contribution in [3.63, 3.8) is 0 Å². The van der Waals surface area contributed by atoms with E-state index >= 15 is 0 Å². The third-order valence-electron chi connectivity index (χ3n) is 2.63. The fraction of sp³-hybridized carbons (Fsp3) is 0.417. The van der Waals surface area contributed by atoms with Crippen LogP contribution in [-0.4, -0.2) is 18.2 Å². The molecule has 0 saturated carbocycles. The van der Waals surface area contributed by atoms with Crippen LogP contribution in [0.15, 0.2) is 6.07 Å². The van der Waals surface area contributed by atoms with Gasteiger partial charge in [-0.15, -0.1) is 0 Å². The summed E-state index contributed by atoms with van der Waals surface area (Å²) in [4.78, 5) is 10.5. The molecule has 0 spiro atoms. The molecule has 4 heteroatoms. The predicted molar refractivity (Wildman–Crippen MR) is 58.4 cm³/mol. The first-order valence-corrected chi connectivity index (χ1v) is 5.01. The summed E-state index contributed by atoms with van der Waals surface area (Å²) in [5, 5.41) is 8.59. The first-order valence-electron chi connectivity index (χ1n) is 5.01. The Balaban J connectivity index is 3.10. The number of ether oxygens (including phenoxy) is 1. The van der Waals surface area contributed by atoms with Gasteiger partial charge >= 0.3 is 5.97 Å². The number of carboxylic acid groups (broad SMARTS) is 1. The molecule has 16 heavy (non-hydrogen) atoms. The van der Waals surface area contributed by atoms with E-state index in [1.807, 2.05) is 6.92 Å². The van der Waals surface area contributed by atoms with Crippen LogP contribution in [0.25, 0.3) is 0 Å². The first-order chi connectivity index (χ1) is 7.47. The lowest BCUT2D eigenvalue weighted by molar-refractivity contribution is -0.136. The van der Waals surface area contributed by atoms with Crippen LogP contribution in [0.4, 0.5) is 4.39 Å². The minimum Gasteiger partial charge on any atom is -0.496 e. The standard InChI is InChI=1S/C12H15FO3/c1-7-9(4-5-11(14)15)6-10(13)8(2)12(7)16-3/h6H,4-5H2,1-3H3,(H,14,15). The number of rotatable bonds is 4. The zero-order valence-corrected chi connectivity index (χ0v) is 9.63. The van der Waals surface area contributed by atoms with Crippen LogP contribution in [0, 0.1) is 19.7 Å². The van der Waals surface area contributed by atoms with Gasteiger partial charge in [-0.25, -0.2) is 4.39 Å². The van der Waals surface area contributed by atoms with Crippen molar-refractivity contribution in [3.8, 4) is 5.75 Å². The highest BCUT2D eigenvalue weighted by molar-refractivity contribution is 5.67. The highest BCUT2D eigenvalue weighted by atomic mass is 19.1. The number of hydrogen-bond donors (Lipinski definition) is 1. The van der Waals surface area contributed by atoms with Crippen molar-refractivity contribution >= 4 is 5.97 Å². The summed E-state index contributed by atoms with van der Waals surface area (Å²) in [6.45, 7) is 3.45. The second-order valence-corrected chi connectivity index (χ2v) is 3.69. The average Bonchev–Trinajstić information content (AvgIpc) is 2.22. The molecule has 1 N–H and O–H groups in total. The average molecular weight is 226 g/mol. The molecule has 0 radical (unpaired) electrons. The molecule has 1 rings (SSSR count). The largest absolute Gasteiger partial charge is 0.496 e. The van der Waals surface area contributed by atoms with Gasteiger partial charge in [-0.05, 0) is 37.5 Å². The number of carbonyl (C=O) groups is 1. The molecule has 0 bridgehead atoms. The second kappa shape index (κ2) is 4.96. The number of hydrogen-bond acceptors (Lipinski definition) is 2. The zero-order chi connectivity index (χ0) is 12.3. The third kappa shape index (κ3) is 2.51. The van der Waals surface area contributed by atoms with E-state index in [0.29, 0.717) is 23.3 Å². The second-order valence-electron chi connectivity index (χ2n) is 3.69. The Morgan fingerprint density at radius 1 is 1.44 bits per heavy atom. The minimum absolute atomic E-state index is 0.00745. The van der Waals surface area contributed by atoms with Crippen molar-refractivity contribution in [3.05, 3.63) is 28.6 Å². The summed E-state index contributed by atoms with van der Waals surface area (Å²) in [6.07, 6.45) is 0.307. The molecular formula is C12H15FO3. The molecule has 88 valence electrons. The van der Waals surface area contributed by atoms with Gasteiger partial charge in [-0.3, -0.25) is 4.79 Å². The molecule has 0 aliphatic carbocycles. The van der Waals surface area contributed by atoms with Crippen molar-refractivity contribution < 1.29 is 19.0 Å². The SMILES string of the molecule is COc1c(C)c(F)cc(CCC(=O)O)c1C. The van der Waals surface area contributed by atoms with E-state index in [1.54, 1.807) is 6.92 Å². The van der Waals surface area contributed by atoms with Gasteiger partial charge in [-0.1, -0.05) is 0 Å². The molecule has 0 amide bonds. The Morgan fingerprint density at radius 3 is 2.56 bits per heavy atom. The third-order valence-corrected chi connectivity index (χ3v) is 2.63. The van der Waals surface area contributed by atoms with Crippen molar-refractivity contribution in [2.75, 3.05) is 7.11 Å². The molecule has 0 atom stereocenters. The lowest BCUT2D eigenvalue weighted by atomic mass is 9.99. The van der Waals surface area contributed by atoms with Gasteiger partial charge < -0.3 is 9.84 Å². The van der Waals surface area contributed by atoms with Gasteiger partial charge in [0.15, 0.2) is 0 Å². The number of benzene rings is 1. The molecule has 0 heterocycles. The Labute approximate surface area is 93.9 Å². The molecule has 3 nitrogen and oxygen atoms in total. The number of aliphatic carboxylic acids is 1. The van der Waals surface area contributed by atoms with Gasteiger partial charge in [0.1, 0.15) is 11.6 Å². The van der Waals surface area contributed by atoms with Gasteiger partial charge in [0.05, 0.1) is 7.11 Å². The van der Waals surface area contributed by atoms with Crippen LogP contribution < -0.4 is 4.74 Å². The molecule has 1 aromatic rings. The maximum absolute atomic E-state index is 13.5. The molecule has 0 aliphatic rings. The number of methoxy groups -OCH3 is 1. The quantitative estimate of drug-likeness (QED) is 0.857. The molecule has 0 aromatic heterocycles. The molecular weight excluding hydrogens is 211 g/mol. The number of carboxylic acids is 1. The summed E-state index contributed by atoms with van der Waals surface area (Å²) >= 11 is 0. The first kappa shape index (κ1) is 12.5. The van der Waals surface area contributed by atoms with E-state index in [1.165, 1.54) is 13.2 Å². The fourth-order valence-corrected chi connectivity index (χ4v) is 1.71. The normalized spacial score (nSPS) is 10.2. The van der Waals surface area contributed by atoms with Gasteiger partial charge in [0, 0.05) is 12.0 Å². The summed E-state index contributed by atoms with van der Waals surface area (Å²) in [6, 6.07) is 1.39. The van der Waals surface area contributed by atoms with Gasteiger partial charge in [0.2, 0.25) is 0 Å². The zero-order valence-electron chi connectivity index (χ0n) is 9.63. The number of aryl methyl sites for hydroxylation is 1. The van der Waals surface area contributed by atoms with Crippen LogP contribution in [0.2, 0.25) is 0 Å². The lowest BCUT2D eigenvalue weighted by Gasteiger charge is -2.13. The molecule has 0 saturated heterocycles. The van der Waals surface area contributed by atoms with E-state index in [-0.39, 0.29) is 12.2 Å². The summed E-state index contributed by atoms with van der Waals surface area (Å²) in [5.41, 5.74) is 1.95. The van der Waals surface area contributed by atoms with Crippen molar-refractivity contribution in [1.82, 2.24) is 0 Å². The molecule has 0 fully saturated rings. The van der Waals surface area contributed by atoms with E-state index in [9.17, 15) is 9.18 Å². The Morgan fingerprint density at radius 2 is 2.06 bits per heavy atom. The predicted octanol–water partition coefficient (Wildman–Crippen LogP) is 2.47.